The molecule has 6 nitrogen and oxygen atoms in total. The van der Waals surface area contributed by atoms with Crippen LogP contribution in [0.4, 0.5) is 11.4 Å². The number of aromatic hydroxyl groups is 1. The summed E-state index contributed by atoms with van der Waals surface area (Å²) in [6.07, 6.45) is 0. The van der Waals surface area contributed by atoms with E-state index < -0.39 is 0 Å². The van der Waals surface area contributed by atoms with Crippen LogP contribution in [0.25, 0.3) is 0 Å². The number of nitrogens with two attached hydrogens (primary N) is 1. The average molecular weight is 369 g/mol. The molecular formula is C21H27N3O3. The normalized spacial score (nSPS) is 10.9. The Balaban J connectivity index is 2.15. The predicted octanol–water partition coefficient (Wildman–Crippen LogP) is 3.54. The third kappa shape index (κ3) is 4.86. The number of ketones is 1. The molecule has 0 radical (unpaired) electrons. The highest BCUT2D eigenvalue weighted by Gasteiger charge is 2.21. The molecule has 0 bridgehead atoms. The minimum Gasteiger partial charge on any atom is -0.507 e. The zero-order valence-corrected chi connectivity index (χ0v) is 16.2. The Morgan fingerprint density at radius 1 is 1.00 bits per heavy atom. The topological polar surface area (TPSA) is 95.7 Å². The van der Waals surface area contributed by atoms with E-state index in [-0.39, 0.29) is 41.6 Å². The first-order valence-corrected chi connectivity index (χ1v) is 9.00. The lowest BCUT2D eigenvalue weighted by atomic mass is 10.1. The van der Waals surface area contributed by atoms with Gasteiger partial charge in [-0.1, -0.05) is 0 Å². The van der Waals surface area contributed by atoms with Crippen molar-refractivity contribution in [3.8, 4) is 5.75 Å². The van der Waals surface area contributed by atoms with Crippen LogP contribution >= 0.6 is 0 Å². The number of nitrogens with zero attached hydrogens (tertiary/aromatic N) is 1. The van der Waals surface area contributed by atoms with Gasteiger partial charge in [-0.3, -0.25) is 9.59 Å². The van der Waals surface area contributed by atoms with E-state index in [0.29, 0.717) is 11.3 Å². The number of phenolic OH excluding ortho intramolecular Hbond substituents is 1. The van der Waals surface area contributed by atoms with Gasteiger partial charge >= 0.3 is 0 Å². The number of phenols is 1. The van der Waals surface area contributed by atoms with Crippen molar-refractivity contribution in [2.75, 3.05) is 11.9 Å². The Bertz CT molecular complexity index is 806. The zero-order valence-electron chi connectivity index (χ0n) is 16.2. The molecule has 0 aliphatic heterocycles. The second-order valence-electron chi connectivity index (χ2n) is 6.96. The van der Waals surface area contributed by atoms with Crippen molar-refractivity contribution in [2.45, 2.75) is 39.8 Å². The van der Waals surface area contributed by atoms with Gasteiger partial charge in [-0.05, 0) is 64.1 Å². The van der Waals surface area contributed by atoms with Gasteiger partial charge in [0, 0.05) is 35.1 Å². The van der Waals surface area contributed by atoms with Crippen LogP contribution in [0.2, 0.25) is 0 Å². The number of Topliss-reactive ketones (excluding diaryl/α,β-unsaturated/α-hetero) is 1. The summed E-state index contributed by atoms with van der Waals surface area (Å²) in [5, 5.41) is 13.1. The van der Waals surface area contributed by atoms with Gasteiger partial charge in [0.1, 0.15) is 5.75 Å². The number of benzene rings is 2. The van der Waals surface area contributed by atoms with Crippen molar-refractivity contribution in [3.63, 3.8) is 0 Å². The molecule has 27 heavy (non-hydrogen) atoms. The quantitative estimate of drug-likeness (QED) is 0.649. The van der Waals surface area contributed by atoms with Crippen molar-refractivity contribution in [1.82, 2.24) is 4.90 Å². The van der Waals surface area contributed by atoms with Gasteiger partial charge in [0.25, 0.3) is 5.91 Å². The standard InChI is InChI=1S/C21H27N3O3/c1-13(2)24(14(3)4)21(27)15-5-7-16(8-6-15)23-17-9-10-18(19(25)11-17)20(26)12-22/h5-11,13-14,23,25H,12,22H2,1-4H3. The molecule has 0 spiro atoms. The van der Waals surface area contributed by atoms with Crippen molar-refractivity contribution in [3.05, 3.63) is 53.6 Å². The number of carbonyl (C=O) groups excluding carboxylic acids is 2. The summed E-state index contributed by atoms with van der Waals surface area (Å²) in [5.41, 5.74) is 7.54. The highest BCUT2D eigenvalue weighted by atomic mass is 16.3. The van der Waals surface area contributed by atoms with Crippen LogP contribution in [-0.4, -0.2) is 40.3 Å². The van der Waals surface area contributed by atoms with E-state index in [9.17, 15) is 14.7 Å². The molecule has 0 unspecified atom stereocenters. The van der Waals surface area contributed by atoms with Crippen LogP contribution in [0.3, 0.4) is 0 Å². The van der Waals surface area contributed by atoms with Gasteiger partial charge in [-0.25, -0.2) is 0 Å². The molecule has 2 aromatic rings. The monoisotopic (exact) mass is 369 g/mol. The Morgan fingerprint density at radius 2 is 1.56 bits per heavy atom. The molecule has 2 aromatic carbocycles. The molecule has 4 N–H and O–H groups in total. The Labute approximate surface area is 160 Å². The number of hydrogen-bond donors (Lipinski definition) is 3. The largest absolute Gasteiger partial charge is 0.507 e. The lowest BCUT2D eigenvalue weighted by Gasteiger charge is -2.30. The van der Waals surface area contributed by atoms with E-state index in [4.69, 9.17) is 5.73 Å². The van der Waals surface area contributed by atoms with Gasteiger partial charge in [0.15, 0.2) is 5.78 Å². The fraction of sp³-hybridized carbons (Fsp3) is 0.333. The van der Waals surface area contributed by atoms with Crippen LogP contribution in [0.1, 0.15) is 48.4 Å². The lowest BCUT2D eigenvalue weighted by molar-refractivity contribution is 0.0643. The van der Waals surface area contributed by atoms with Crippen LogP contribution in [-0.2, 0) is 0 Å². The summed E-state index contributed by atoms with van der Waals surface area (Å²) in [6, 6.07) is 12.1. The molecule has 0 saturated heterocycles. The van der Waals surface area contributed by atoms with Crippen molar-refractivity contribution in [2.24, 2.45) is 5.73 Å². The van der Waals surface area contributed by atoms with Crippen molar-refractivity contribution < 1.29 is 14.7 Å². The van der Waals surface area contributed by atoms with Crippen LogP contribution in [0.5, 0.6) is 5.75 Å². The predicted molar refractivity (Wildman–Crippen MR) is 108 cm³/mol. The third-order valence-corrected chi connectivity index (χ3v) is 4.25. The smallest absolute Gasteiger partial charge is 0.254 e. The van der Waals surface area contributed by atoms with Crippen LogP contribution in [0, 0.1) is 0 Å². The first-order valence-electron chi connectivity index (χ1n) is 9.00. The molecule has 0 atom stereocenters. The summed E-state index contributed by atoms with van der Waals surface area (Å²) in [6.45, 7) is 7.84. The van der Waals surface area contributed by atoms with Gasteiger partial charge in [-0.15, -0.1) is 0 Å². The zero-order chi connectivity index (χ0) is 20.1. The van der Waals surface area contributed by atoms with Crippen molar-refractivity contribution >= 4 is 23.1 Å². The summed E-state index contributed by atoms with van der Waals surface area (Å²) in [5.74, 6) is -0.442. The molecule has 0 aromatic heterocycles. The van der Waals surface area contributed by atoms with E-state index in [0.717, 1.165) is 5.69 Å². The van der Waals surface area contributed by atoms with Gasteiger partial charge in [0.2, 0.25) is 0 Å². The molecule has 6 heteroatoms. The molecule has 0 heterocycles. The number of rotatable bonds is 7. The number of amides is 1. The summed E-state index contributed by atoms with van der Waals surface area (Å²) < 4.78 is 0. The molecular weight excluding hydrogens is 342 g/mol. The number of nitrogens with one attached hydrogen (secondary N) is 1. The molecule has 0 aliphatic rings. The van der Waals surface area contributed by atoms with Crippen LogP contribution in [0.15, 0.2) is 42.5 Å². The maximum absolute atomic E-state index is 12.7. The van der Waals surface area contributed by atoms with Crippen LogP contribution < -0.4 is 11.1 Å². The van der Waals surface area contributed by atoms with Gasteiger partial charge < -0.3 is 21.1 Å². The van der Waals surface area contributed by atoms with E-state index in [1.54, 1.807) is 18.2 Å². The minimum absolute atomic E-state index is 0.00570. The lowest BCUT2D eigenvalue weighted by Crippen LogP contribution is -2.42. The van der Waals surface area contributed by atoms with E-state index in [1.807, 2.05) is 44.7 Å². The summed E-state index contributed by atoms with van der Waals surface area (Å²) in [7, 11) is 0. The molecule has 0 fully saturated rings. The third-order valence-electron chi connectivity index (χ3n) is 4.25. The highest BCUT2D eigenvalue weighted by Crippen LogP contribution is 2.25. The SMILES string of the molecule is CC(C)N(C(=O)c1ccc(Nc2ccc(C(=O)CN)c(O)c2)cc1)C(C)C. The molecule has 144 valence electrons. The van der Waals surface area contributed by atoms with E-state index >= 15 is 0 Å². The summed E-state index contributed by atoms with van der Waals surface area (Å²) >= 11 is 0. The molecule has 1 amide bonds. The van der Waals surface area contributed by atoms with E-state index in [1.165, 1.54) is 12.1 Å². The molecule has 0 saturated carbocycles. The minimum atomic E-state index is -0.318. The molecule has 2 rings (SSSR count). The average Bonchev–Trinajstić information content (AvgIpc) is 2.61. The number of hydrogen-bond acceptors (Lipinski definition) is 5. The fourth-order valence-corrected chi connectivity index (χ4v) is 3.03. The maximum atomic E-state index is 12.7. The summed E-state index contributed by atoms with van der Waals surface area (Å²) in [4.78, 5) is 26.2. The Hall–Kier alpha value is -2.86. The molecule has 0 aliphatic carbocycles. The van der Waals surface area contributed by atoms with E-state index in [2.05, 4.69) is 5.32 Å². The Kier molecular flexibility index (Phi) is 6.58. The number of anilines is 2. The second kappa shape index (κ2) is 8.68. The van der Waals surface area contributed by atoms with Gasteiger partial charge in [0.05, 0.1) is 12.1 Å². The maximum Gasteiger partial charge on any atom is 0.254 e. The Morgan fingerprint density at radius 3 is 2.04 bits per heavy atom. The van der Waals surface area contributed by atoms with Crippen molar-refractivity contribution in [1.29, 1.82) is 0 Å². The van der Waals surface area contributed by atoms with Gasteiger partial charge in [-0.2, -0.15) is 0 Å². The first kappa shape index (κ1) is 20.5. The number of carbonyl (C=O) groups is 2. The first-order chi connectivity index (χ1) is 12.7. The fourth-order valence-electron chi connectivity index (χ4n) is 3.03. The second-order valence-corrected chi connectivity index (χ2v) is 6.96. The highest BCUT2D eigenvalue weighted by molar-refractivity contribution is 6.00.